The standard InChI is InChI=1S/C15H19NO2/c1-2-3-8-16-15(18)10-11-9-14(17)13-7-5-4-6-12(11)13/h4-7,11H,2-3,8-10H2,1H3,(H,16,18)/t11-/m1/s1. The lowest BCUT2D eigenvalue weighted by Crippen LogP contribution is -2.25. The fourth-order valence-electron chi connectivity index (χ4n) is 2.43. The molecular weight excluding hydrogens is 226 g/mol. The summed E-state index contributed by atoms with van der Waals surface area (Å²) in [4.78, 5) is 23.6. The predicted octanol–water partition coefficient (Wildman–Crippen LogP) is 2.66. The van der Waals surface area contributed by atoms with Gasteiger partial charge in [0.05, 0.1) is 0 Å². The van der Waals surface area contributed by atoms with E-state index in [1.54, 1.807) is 0 Å². The van der Waals surface area contributed by atoms with Crippen LogP contribution in [0.3, 0.4) is 0 Å². The van der Waals surface area contributed by atoms with Gasteiger partial charge in [-0.3, -0.25) is 9.59 Å². The molecule has 0 aromatic heterocycles. The topological polar surface area (TPSA) is 46.2 Å². The number of nitrogens with one attached hydrogen (secondary N) is 1. The van der Waals surface area contributed by atoms with Gasteiger partial charge in [0.15, 0.2) is 5.78 Å². The van der Waals surface area contributed by atoms with E-state index in [1.165, 1.54) is 0 Å². The summed E-state index contributed by atoms with van der Waals surface area (Å²) in [5.41, 5.74) is 1.83. The normalized spacial score (nSPS) is 17.6. The van der Waals surface area contributed by atoms with Crippen molar-refractivity contribution in [2.45, 2.75) is 38.5 Å². The minimum Gasteiger partial charge on any atom is -0.356 e. The van der Waals surface area contributed by atoms with Crippen LogP contribution >= 0.6 is 0 Å². The Labute approximate surface area is 108 Å². The lowest BCUT2D eigenvalue weighted by atomic mass is 9.97. The van der Waals surface area contributed by atoms with Crippen molar-refractivity contribution in [3.8, 4) is 0 Å². The van der Waals surface area contributed by atoms with Gasteiger partial charge >= 0.3 is 0 Å². The van der Waals surface area contributed by atoms with Crippen molar-refractivity contribution >= 4 is 11.7 Å². The molecule has 1 atom stereocenters. The summed E-state index contributed by atoms with van der Waals surface area (Å²) >= 11 is 0. The molecule has 0 fully saturated rings. The molecule has 0 radical (unpaired) electrons. The van der Waals surface area contributed by atoms with E-state index < -0.39 is 0 Å². The molecule has 0 saturated carbocycles. The Hall–Kier alpha value is -1.64. The third-order valence-electron chi connectivity index (χ3n) is 3.42. The fraction of sp³-hybridized carbons (Fsp3) is 0.467. The smallest absolute Gasteiger partial charge is 0.220 e. The fourth-order valence-corrected chi connectivity index (χ4v) is 2.43. The summed E-state index contributed by atoms with van der Waals surface area (Å²) in [6.45, 7) is 2.83. The SMILES string of the molecule is CCCCNC(=O)C[C@H]1CC(=O)c2ccccc21. The van der Waals surface area contributed by atoms with Gasteiger partial charge in [0.2, 0.25) is 5.91 Å². The molecule has 0 heterocycles. The summed E-state index contributed by atoms with van der Waals surface area (Å²) in [6, 6.07) is 7.62. The van der Waals surface area contributed by atoms with E-state index in [4.69, 9.17) is 0 Å². The quantitative estimate of drug-likeness (QED) is 0.811. The van der Waals surface area contributed by atoms with Crippen LogP contribution in [-0.4, -0.2) is 18.2 Å². The van der Waals surface area contributed by atoms with Gasteiger partial charge in [0.25, 0.3) is 0 Å². The molecule has 1 amide bonds. The van der Waals surface area contributed by atoms with Crippen LogP contribution in [0, 0.1) is 0 Å². The molecule has 1 aromatic rings. The molecule has 18 heavy (non-hydrogen) atoms. The van der Waals surface area contributed by atoms with Gasteiger partial charge in [-0.1, -0.05) is 37.6 Å². The average Bonchev–Trinajstić information content (AvgIpc) is 2.67. The third kappa shape index (κ3) is 2.78. The molecule has 0 saturated heterocycles. The van der Waals surface area contributed by atoms with Gasteiger partial charge in [0.1, 0.15) is 0 Å². The number of fused-ring (bicyclic) bond motifs is 1. The second-order valence-corrected chi connectivity index (χ2v) is 4.82. The van der Waals surface area contributed by atoms with E-state index in [0.717, 1.165) is 30.5 Å². The number of carbonyl (C=O) groups excluding carboxylic acids is 2. The number of amides is 1. The number of hydrogen-bond acceptors (Lipinski definition) is 2. The van der Waals surface area contributed by atoms with Crippen LogP contribution in [0.4, 0.5) is 0 Å². The van der Waals surface area contributed by atoms with Crippen molar-refractivity contribution < 1.29 is 9.59 Å². The van der Waals surface area contributed by atoms with Crippen molar-refractivity contribution in [2.75, 3.05) is 6.54 Å². The highest BCUT2D eigenvalue weighted by molar-refractivity contribution is 6.01. The molecule has 1 aliphatic rings. The molecule has 2 rings (SSSR count). The molecule has 1 aliphatic carbocycles. The third-order valence-corrected chi connectivity index (χ3v) is 3.42. The molecule has 3 heteroatoms. The minimum absolute atomic E-state index is 0.0537. The van der Waals surface area contributed by atoms with E-state index in [1.807, 2.05) is 24.3 Å². The summed E-state index contributed by atoms with van der Waals surface area (Å²) in [7, 11) is 0. The molecule has 0 unspecified atom stereocenters. The van der Waals surface area contributed by atoms with Crippen molar-refractivity contribution in [3.05, 3.63) is 35.4 Å². The largest absolute Gasteiger partial charge is 0.356 e. The van der Waals surface area contributed by atoms with Crippen LogP contribution in [0.1, 0.15) is 54.4 Å². The Morgan fingerprint density at radius 2 is 2.17 bits per heavy atom. The highest BCUT2D eigenvalue weighted by atomic mass is 16.1. The number of ketones is 1. The average molecular weight is 245 g/mol. The van der Waals surface area contributed by atoms with E-state index >= 15 is 0 Å². The molecule has 1 aromatic carbocycles. The highest BCUT2D eigenvalue weighted by Gasteiger charge is 2.30. The van der Waals surface area contributed by atoms with Gasteiger partial charge in [-0.15, -0.1) is 0 Å². The zero-order valence-electron chi connectivity index (χ0n) is 10.7. The maximum Gasteiger partial charge on any atom is 0.220 e. The maximum atomic E-state index is 11.8. The van der Waals surface area contributed by atoms with Gasteiger partial charge in [-0.05, 0) is 12.0 Å². The van der Waals surface area contributed by atoms with Crippen molar-refractivity contribution in [2.24, 2.45) is 0 Å². The Bertz CT molecular complexity index is 454. The van der Waals surface area contributed by atoms with Gasteiger partial charge in [0, 0.05) is 30.9 Å². The number of unbranched alkanes of at least 4 members (excludes halogenated alkanes) is 1. The summed E-state index contributed by atoms with van der Waals surface area (Å²) in [5, 5.41) is 2.91. The molecule has 3 nitrogen and oxygen atoms in total. The molecule has 1 N–H and O–H groups in total. The lowest BCUT2D eigenvalue weighted by Gasteiger charge is -2.10. The number of carbonyl (C=O) groups is 2. The predicted molar refractivity (Wildman–Crippen MR) is 70.7 cm³/mol. The van der Waals surface area contributed by atoms with Crippen LogP contribution in [0.15, 0.2) is 24.3 Å². The molecule has 0 aliphatic heterocycles. The molecule has 96 valence electrons. The summed E-state index contributed by atoms with van der Waals surface area (Å²) < 4.78 is 0. The number of hydrogen-bond donors (Lipinski definition) is 1. The van der Waals surface area contributed by atoms with Gasteiger partial charge in [-0.2, -0.15) is 0 Å². The number of rotatable bonds is 5. The van der Waals surface area contributed by atoms with Crippen molar-refractivity contribution in [3.63, 3.8) is 0 Å². The van der Waals surface area contributed by atoms with Crippen LogP contribution in [0.25, 0.3) is 0 Å². The number of benzene rings is 1. The first kappa shape index (κ1) is 12.8. The highest BCUT2D eigenvalue weighted by Crippen LogP contribution is 2.34. The van der Waals surface area contributed by atoms with Crippen LogP contribution < -0.4 is 5.32 Å². The molecule has 0 bridgehead atoms. The Balaban J connectivity index is 1.96. The Morgan fingerprint density at radius 1 is 1.39 bits per heavy atom. The monoisotopic (exact) mass is 245 g/mol. The first-order chi connectivity index (χ1) is 8.72. The Morgan fingerprint density at radius 3 is 2.94 bits per heavy atom. The van der Waals surface area contributed by atoms with E-state index in [2.05, 4.69) is 12.2 Å². The minimum atomic E-state index is 0.0537. The zero-order chi connectivity index (χ0) is 13.0. The first-order valence-electron chi connectivity index (χ1n) is 6.61. The molecule has 0 spiro atoms. The lowest BCUT2D eigenvalue weighted by molar-refractivity contribution is -0.121. The van der Waals surface area contributed by atoms with Crippen LogP contribution in [0.2, 0.25) is 0 Å². The zero-order valence-corrected chi connectivity index (χ0v) is 10.7. The second kappa shape index (κ2) is 5.80. The maximum absolute atomic E-state index is 11.8. The van der Waals surface area contributed by atoms with Crippen LogP contribution in [-0.2, 0) is 4.79 Å². The second-order valence-electron chi connectivity index (χ2n) is 4.82. The first-order valence-corrected chi connectivity index (χ1v) is 6.61. The van der Waals surface area contributed by atoms with E-state index in [9.17, 15) is 9.59 Å². The Kier molecular flexibility index (Phi) is 4.13. The summed E-state index contributed by atoms with van der Waals surface area (Å²) in [6.07, 6.45) is 2.98. The van der Waals surface area contributed by atoms with Crippen molar-refractivity contribution in [1.29, 1.82) is 0 Å². The van der Waals surface area contributed by atoms with Crippen molar-refractivity contribution in [1.82, 2.24) is 5.32 Å². The molecular formula is C15H19NO2. The van der Waals surface area contributed by atoms with Gasteiger partial charge in [-0.25, -0.2) is 0 Å². The van der Waals surface area contributed by atoms with Gasteiger partial charge < -0.3 is 5.32 Å². The van der Waals surface area contributed by atoms with Crippen LogP contribution in [0.5, 0.6) is 0 Å². The summed E-state index contributed by atoms with van der Waals surface area (Å²) in [5.74, 6) is 0.283. The number of Topliss-reactive ketones (excluding diaryl/α,β-unsaturated/α-hetero) is 1. The van der Waals surface area contributed by atoms with E-state index in [0.29, 0.717) is 12.8 Å². The van der Waals surface area contributed by atoms with E-state index in [-0.39, 0.29) is 17.6 Å².